The van der Waals surface area contributed by atoms with Crippen molar-refractivity contribution in [2.75, 3.05) is 48.4 Å². The Morgan fingerprint density at radius 1 is 0.844 bits per heavy atom. The number of amides is 1. The number of rotatable bonds is 6. The fourth-order valence-corrected chi connectivity index (χ4v) is 3.83. The summed E-state index contributed by atoms with van der Waals surface area (Å²) in [7, 11) is 1.57. The van der Waals surface area contributed by atoms with Crippen molar-refractivity contribution in [1.82, 2.24) is 0 Å². The molecule has 1 saturated heterocycles. The fraction of sp³-hybridized carbons (Fsp3) is 0.200. The van der Waals surface area contributed by atoms with Crippen LogP contribution in [0.15, 0.2) is 72.8 Å². The zero-order valence-corrected chi connectivity index (χ0v) is 17.8. The minimum Gasteiger partial charge on any atom is -0.497 e. The lowest BCUT2D eigenvalue weighted by molar-refractivity contribution is 0.0696. The van der Waals surface area contributed by atoms with Crippen molar-refractivity contribution in [3.8, 4) is 5.75 Å². The first-order valence-corrected chi connectivity index (χ1v) is 10.4. The molecule has 1 fully saturated rings. The zero-order chi connectivity index (χ0) is 22.5. The lowest BCUT2D eigenvalue weighted by Gasteiger charge is -2.38. The van der Waals surface area contributed by atoms with Crippen molar-refractivity contribution in [2.45, 2.75) is 0 Å². The third-order valence-electron chi connectivity index (χ3n) is 5.59. The molecule has 0 aromatic heterocycles. The van der Waals surface area contributed by atoms with Crippen LogP contribution in [-0.2, 0) is 0 Å². The van der Waals surface area contributed by atoms with Crippen LogP contribution in [0.4, 0.5) is 17.1 Å². The molecule has 3 aromatic rings. The van der Waals surface area contributed by atoms with E-state index in [4.69, 9.17) is 4.74 Å². The summed E-state index contributed by atoms with van der Waals surface area (Å²) in [6, 6.07) is 21.9. The quantitative estimate of drug-likeness (QED) is 0.615. The number of nitrogens with zero attached hydrogens (tertiary/aromatic N) is 2. The third-order valence-corrected chi connectivity index (χ3v) is 5.59. The molecule has 0 unspecified atom stereocenters. The van der Waals surface area contributed by atoms with E-state index in [1.54, 1.807) is 43.5 Å². The number of nitrogens with one attached hydrogen (secondary N) is 1. The average molecular weight is 431 g/mol. The van der Waals surface area contributed by atoms with Gasteiger partial charge in [0.25, 0.3) is 5.91 Å². The van der Waals surface area contributed by atoms with Gasteiger partial charge in [-0.25, -0.2) is 4.79 Å². The fourth-order valence-electron chi connectivity index (χ4n) is 3.83. The number of anilines is 3. The molecule has 0 aliphatic carbocycles. The van der Waals surface area contributed by atoms with Gasteiger partial charge in [0.15, 0.2) is 0 Å². The van der Waals surface area contributed by atoms with Crippen LogP contribution in [0.5, 0.6) is 5.75 Å². The molecule has 0 saturated carbocycles. The minimum atomic E-state index is -1.04. The van der Waals surface area contributed by atoms with E-state index >= 15 is 0 Å². The molecule has 4 rings (SSSR count). The van der Waals surface area contributed by atoms with Crippen LogP contribution < -0.4 is 19.9 Å². The van der Waals surface area contributed by atoms with Gasteiger partial charge in [-0.2, -0.15) is 0 Å². The predicted molar refractivity (Wildman–Crippen MR) is 125 cm³/mol. The van der Waals surface area contributed by atoms with E-state index in [-0.39, 0.29) is 11.5 Å². The van der Waals surface area contributed by atoms with E-state index in [0.29, 0.717) is 17.0 Å². The first kappa shape index (κ1) is 21.2. The van der Waals surface area contributed by atoms with E-state index in [1.165, 1.54) is 11.8 Å². The van der Waals surface area contributed by atoms with Gasteiger partial charge in [0.1, 0.15) is 5.75 Å². The molecule has 1 amide bonds. The molecule has 2 N–H and O–H groups in total. The van der Waals surface area contributed by atoms with Crippen molar-refractivity contribution in [1.29, 1.82) is 0 Å². The molecular weight excluding hydrogens is 406 g/mol. The molecule has 0 bridgehead atoms. The molecule has 7 nitrogen and oxygen atoms in total. The molecule has 0 atom stereocenters. The highest BCUT2D eigenvalue weighted by atomic mass is 16.5. The van der Waals surface area contributed by atoms with Gasteiger partial charge >= 0.3 is 5.97 Å². The standard InChI is InChI=1S/C25H25N3O4/c1-32-21-10-7-18(8-11-21)24(29)26-22-17-19(25(30)31)9-12-23(22)28-15-13-27(14-16-28)20-5-3-2-4-6-20/h2-12,17H,13-16H2,1H3,(H,26,29)(H,30,31). The maximum Gasteiger partial charge on any atom is 0.335 e. The molecule has 0 radical (unpaired) electrons. The van der Waals surface area contributed by atoms with Gasteiger partial charge in [-0.1, -0.05) is 18.2 Å². The Morgan fingerprint density at radius 2 is 1.47 bits per heavy atom. The van der Waals surface area contributed by atoms with Crippen molar-refractivity contribution in [3.05, 3.63) is 83.9 Å². The van der Waals surface area contributed by atoms with E-state index in [0.717, 1.165) is 31.9 Å². The monoisotopic (exact) mass is 431 g/mol. The predicted octanol–water partition coefficient (Wildman–Crippen LogP) is 3.97. The van der Waals surface area contributed by atoms with Crippen molar-refractivity contribution < 1.29 is 19.4 Å². The van der Waals surface area contributed by atoms with Gasteiger partial charge in [-0.3, -0.25) is 4.79 Å². The molecule has 3 aromatic carbocycles. The second-order valence-electron chi connectivity index (χ2n) is 7.53. The Hall–Kier alpha value is -4.00. The molecule has 1 aliphatic rings. The highest BCUT2D eigenvalue weighted by Gasteiger charge is 2.21. The lowest BCUT2D eigenvalue weighted by atomic mass is 10.1. The highest BCUT2D eigenvalue weighted by molar-refractivity contribution is 6.06. The average Bonchev–Trinajstić information content (AvgIpc) is 2.84. The van der Waals surface area contributed by atoms with Crippen molar-refractivity contribution in [3.63, 3.8) is 0 Å². The SMILES string of the molecule is COc1ccc(C(=O)Nc2cc(C(=O)O)ccc2N2CCN(c3ccccc3)CC2)cc1. The molecule has 0 spiro atoms. The van der Waals surface area contributed by atoms with Crippen LogP contribution in [0.2, 0.25) is 0 Å². The molecule has 164 valence electrons. The highest BCUT2D eigenvalue weighted by Crippen LogP contribution is 2.30. The number of benzene rings is 3. The largest absolute Gasteiger partial charge is 0.497 e. The lowest BCUT2D eigenvalue weighted by Crippen LogP contribution is -2.46. The topological polar surface area (TPSA) is 82.1 Å². The molecule has 32 heavy (non-hydrogen) atoms. The summed E-state index contributed by atoms with van der Waals surface area (Å²) in [4.78, 5) is 28.9. The Kier molecular flexibility index (Phi) is 6.26. The minimum absolute atomic E-state index is 0.127. The van der Waals surface area contributed by atoms with Crippen LogP contribution in [0.1, 0.15) is 20.7 Å². The number of carbonyl (C=O) groups excluding carboxylic acids is 1. The number of aromatic carboxylic acids is 1. The summed E-state index contributed by atoms with van der Waals surface area (Å²) in [6.45, 7) is 3.17. The number of carboxylic acid groups (broad SMARTS) is 1. The maximum absolute atomic E-state index is 12.8. The van der Waals surface area contributed by atoms with Gasteiger partial charge in [-0.05, 0) is 54.6 Å². The summed E-state index contributed by atoms with van der Waals surface area (Å²) in [5, 5.41) is 12.3. The Bertz CT molecular complexity index is 1090. The number of carbonyl (C=O) groups is 2. The number of carboxylic acids is 1. The smallest absolute Gasteiger partial charge is 0.335 e. The van der Waals surface area contributed by atoms with Crippen LogP contribution in [0, 0.1) is 0 Å². The second-order valence-corrected chi connectivity index (χ2v) is 7.53. The number of piperazine rings is 1. The number of hydrogen-bond donors (Lipinski definition) is 2. The molecule has 1 heterocycles. The van der Waals surface area contributed by atoms with Gasteiger partial charge in [-0.15, -0.1) is 0 Å². The van der Waals surface area contributed by atoms with Gasteiger partial charge in [0.05, 0.1) is 24.0 Å². The number of methoxy groups -OCH3 is 1. The van der Waals surface area contributed by atoms with Crippen LogP contribution in [0.3, 0.4) is 0 Å². The van der Waals surface area contributed by atoms with Gasteiger partial charge < -0.3 is 25.0 Å². The van der Waals surface area contributed by atoms with E-state index in [9.17, 15) is 14.7 Å². The maximum atomic E-state index is 12.8. The van der Waals surface area contributed by atoms with Gasteiger partial charge in [0, 0.05) is 37.4 Å². The first-order valence-electron chi connectivity index (χ1n) is 10.4. The first-order chi connectivity index (χ1) is 15.5. The Labute approximate surface area is 186 Å². The zero-order valence-electron chi connectivity index (χ0n) is 17.8. The van der Waals surface area contributed by atoms with Crippen LogP contribution >= 0.6 is 0 Å². The number of para-hydroxylation sites is 1. The van der Waals surface area contributed by atoms with Crippen LogP contribution in [0.25, 0.3) is 0 Å². The molecule has 1 aliphatic heterocycles. The normalized spacial score (nSPS) is 13.5. The van der Waals surface area contributed by atoms with Crippen molar-refractivity contribution in [2.24, 2.45) is 0 Å². The van der Waals surface area contributed by atoms with E-state index in [1.807, 2.05) is 18.2 Å². The third kappa shape index (κ3) is 4.67. The summed E-state index contributed by atoms with van der Waals surface area (Å²) in [5.74, 6) is -0.684. The molecular formula is C25H25N3O4. The summed E-state index contributed by atoms with van der Waals surface area (Å²) >= 11 is 0. The van der Waals surface area contributed by atoms with E-state index in [2.05, 4.69) is 27.2 Å². The summed E-state index contributed by atoms with van der Waals surface area (Å²) in [5.41, 5.74) is 3.07. The Balaban J connectivity index is 1.54. The van der Waals surface area contributed by atoms with E-state index < -0.39 is 5.97 Å². The number of ether oxygens (including phenoxy) is 1. The van der Waals surface area contributed by atoms with Crippen molar-refractivity contribution >= 4 is 28.9 Å². The van der Waals surface area contributed by atoms with Gasteiger partial charge in [0.2, 0.25) is 0 Å². The second kappa shape index (κ2) is 9.43. The molecule has 7 heteroatoms. The Morgan fingerprint density at radius 3 is 2.09 bits per heavy atom. The summed E-state index contributed by atoms with van der Waals surface area (Å²) < 4.78 is 5.14. The number of hydrogen-bond acceptors (Lipinski definition) is 5. The van der Waals surface area contributed by atoms with Crippen LogP contribution in [-0.4, -0.2) is 50.3 Å². The summed E-state index contributed by atoms with van der Waals surface area (Å²) in [6.07, 6.45) is 0.